The number of carboxylic acid groups (broad SMARTS) is 1. The van der Waals surface area contributed by atoms with E-state index in [1.807, 2.05) is 0 Å². The van der Waals surface area contributed by atoms with Crippen molar-refractivity contribution in [3.63, 3.8) is 0 Å². The van der Waals surface area contributed by atoms with Crippen molar-refractivity contribution in [1.82, 2.24) is 0 Å². The number of allylic oxidation sites excluding steroid dienone is 2. The summed E-state index contributed by atoms with van der Waals surface area (Å²) in [4.78, 5) is 25.7. The number of carboxylic acids is 1. The fraction of sp³-hybridized carbons (Fsp3) is 0.826. The van der Waals surface area contributed by atoms with Crippen molar-refractivity contribution < 1.29 is 14.7 Å². The third kappa shape index (κ3) is 4.25. The van der Waals surface area contributed by atoms with Gasteiger partial charge in [-0.25, -0.2) is 0 Å². The summed E-state index contributed by atoms with van der Waals surface area (Å²) in [6.45, 7) is 11.2. The number of carbonyl (C=O) groups excluding carboxylic acids is 1. The summed E-state index contributed by atoms with van der Waals surface area (Å²) in [6, 6.07) is 0. The van der Waals surface area contributed by atoms with Crippen molar-refractivity contribution in [2.45, 2.75) is 103 Å². The predicted molar refractivity (Wildman–Crippen MR) is 115 cm³/mol. The van der Waals surface area contributed by atoms with Crippen molar-refractivity contribution in [3.8, 4) is 0 Å². The Kier molecular flexibility index (Phi) is 7.52. The standard InChI is InChI=1S/C23H40O3Si/c1-6-8-10-12-14-17-16-18-19(22(25)26)21(27(3,4)5)23(17,20(18)24)15-13-11-9-7-2/h16,18-19,21H,6-15H2,1-5H3,(H,25,26)/t18-,19-,21-,23-/m1/s1. The summed E-state index contributed by atoms with van der Waals surface area (Å²) in [5.41, 5.74) is 0.904. The van der Waals surface area contributed by atoms with Crippen LogP contribution in [0.25, 0.3) is 0 Å². The zero-order chi connectivity index (χ0) is 20.2. The Morgan fingerprint density at radius 1 is 1.04 bits per heavy atom. The van der Waals surface area contributed by atoms with E-state index in [1.165, 1.54) is 37.7 Å². The van der Waals surface area contributed by atoms with Crippen LogP contribution in [-0.4, -0.2) is 24.9 Å². The minimum absolute atomic E-state index is 0.0489. The van der Waals surface area contributed by atoms with Crippen LogP contribution in [0.2, 0.25) is 25.2 Å². The van der Waals surface area contributed by atoms with Crippen molar-refractivity contribution in [3.05, 3.63) is 11.6 Å². The number of rotatable bonds is 12. The fourth-order valence-corrected chi connectivity index (χ4v) is 9.30. The normalized spacial score (nSPS) is 30.0. The molecule has 2 aliphatic rings. The van der Waals surface area contributed by atoms with Crippen molar-refractivity contribution in [1.29, 1.82) is 0 Å². The third-order valence-corrected chi connectivity index (χ3v) is 9.63. The number of carbonyl (C=O) groups is 2. The first-order valence-electron chi connectivity index (χ1n) is 11.2. The zero-order valence-electron chi connectivity index (χ0n) is 18.1. The van der Waals surface area contributed by atoms with Gasteiger partial charge in [0.2, 0.25) is 0 Å². The average molecular weight is 393 g/mol. The molecule has 0 aliphatic heterocycles. The Labute approximate surface area is 167 Å². The maximum absolute atomic E-state index is 13.5. The van der Waals surface area contributed by atoms with Crippen LogP contribution in [0.1, 0.15) is 78.1 Å². The van der Waals surface area contributed by atoms with Gasteiger partial charge in [0, 0.05) is 8.07 Å². The largest absolute Gasteiger partial charge is 0.481 e. The number of fused-ring (bicyclic) bond motifs is 2. The number of unbranched alkanes of at least 4 members (excludes halogenated alkanes) is 6. The molecule has 27 heavy (non-hydrogen) atoms. The number of aliphatic carboxylic acids is 1. The highest BCUT2D eigenvalue weighted by Crippen LogP contribution is 2.67. The monoisotopic (exact) mass is 392 g/mol. The molecule has 0 aromatic heterocycles. The first-order chi connectivity index (χ1) is 12.7. The smallest absolute Gasteiger partial charge is 0.307 e. The topological polar surface area (TPSA) is 54.4 Å². The van der Waals surface area contributed by atoms with Crippen LogP contribution in [0.5, 0.6) is 0 Å². The lowest BCUT2D eigenvalue weighted by molar-refractivity contribution is -0.143. The fourth-order valence-electron chi connectivity index (χ4n) is 5.92. The highest BCUT2D eigenvalue weighted by atomic mass is 28.3. The minimum Gasteiger partial charge on any atom is -0.481 e. The molecular weight excluding hydrogens is 352 g/mol. The van der Waals surface area contributed by atoms with Crippen LogP contribution in [0.15, 0.2) is 11.6 Å². The van der Waals surface area contributed by atoms with E-state index in [9.17, 15) is 14.7 Å². The van der Waals surface area contributed by atoms with Gasteiger partial charge in [-0.2, -0.15) is 0 Å². The van der Waals surface area contributed by atoms with E-state index in [2.05, 4.69) is 39.6 Å². The molecule has 0 aromatic rings. The van der Waals surface area contributed by atoms with Gasteiger partial charge in [-0.15, -0.1) is 0 Å². The summed E-state index contributed by atoms with van der Waals surface area (Å²) in [5.74, 6) is -1.36. The molecule has 2 rings (SSSR count). The van der Waals surface area contributed by atoms with Crippen LogP contribution in [0.4, 0.5) is 0 Å². The second-order valence-electron chi connectivity index (χ2n) is 9.88. The molecule has 1 fully saturated rings. The maximum Gasteiger partial charge on any atom is 0.307 e. The van der Waals surface area contributed by atoms with Crippen molar-refractivity contribution in [2.24, 2.45) is 17.3 Å². The van der Waals surface area contributed by atoms with Gasteiger partial charge in [0.25, 0.3) is 0 Å². The summed E-state index contributed by atoms with van der Waals surface area (Å²) in [7, 11) is -1.82. The van der Waals surface area contributed by atoms with Crippen LogP contribution < -0.4 is 0 Å². The SMILES string of the molecule is CCCCCCC1=C[C@H]2C(=O)[C@]1(CCCCCC)[C@H]([Si](C)(C)C)[C@@H]2C(=O)O. The van der Waals surface area contributed by atoms with Gasteiger partial charge in [-0.1, -0.05) is 90.1 Å². The molecule has 0 heterocycles. The second kappa shape index (κ2) is 9.06. The number of hydrogen-bond donors (Lipinski definition) is 1. The van der Waals surface area contributed by atoms with Gasteiger partial charge in [-0.05, 0) is 24.8 Å². The third-order valence-electron chi connectivity index (χ3n) is 6.92. The number of Topliss-reactive ketones (excluding diaryl/α,β-unsaturated/α-hetero) is 1. The van der Waals surface area contributed by atoms with E-state index in [0.29, 0.717) is 0 Å². The van der Waals surface area contributed by atoms with E-state index in [4.69, 9.17) is 0 Å². The average Bonchev–Trinajstić information content (AvgIpc) is 3.00. The van der Waals surface area contributed by atoms with Crippen LogP contribution in [-0.2, 0) is 9.59 Å². The molecule has 0 unspecified atom stereocenters. The lowest BCUT2D eigenvalue weighted by Crippen LogP contribution is -2.46. The van der Waals surface area contributed by atoms with Gasteiger partial charge in [-0.3, -0.25) is 9.59 Å². The highest BCUT2D eigenvalue weighted by Gasteiger charge is 2.68. The second-order valence-corrected chi connectivity index (χ2v) is 15.2. The van der Waals surface area contributed by atoms with Gasteiger partial charge in [0.1, 0.15) is 0 Å². The summed E-state index contributed by atoms with van der Waals surface area (Å²) in [6.07, 6.45) is 13.3. The van der Waals surface area contributed by atoms with E-state index in [1.54, 1.807) is 0 Å². The predicted octanol–water partition coefficient (Wildman–Crippen LogP) is 6.46. The molecule has 4 heteroatoms. The Morgan fingerprint density at radius 3 is 2.15 bits per heavy atom. The molecule has 1 N–H and O–H groups in total. The molecule has 1 saturated carbocycles. The van der Waals surface area contributed by atoms with Gasteiger partial charge < -0.3 is 5.11 Å². The van der Waals surface area contributed by atoms with E-state index in [-0.39, 0.29) is 17.2 Å². The van der Waals surface area contributed by atoms with Gasteiger partial charge >= 0.3 is 5.97 Å². The van der Waals surface area contributed by atoms with Crippen LogP contribution in [0.3, 0.4) is 0 Å². The molecule has 2 aliphatic carbocycles. The first-order valence-corrected chi connectivity index (χ1v) is 14.8. The molecule has 0 radical (unpaired) electrons. The van der Waals surface area contributed by atoms with Crippen molar-refractivity contribution in [2.75, 3.05) is 0 Å². The van der Waals surface area contributed by atoms with E-state index in [0.717, 1.165) is 32.1 Å². The molecule has 2 bridgehead atoms. The molecule has 4 atom stereocenters. The highest BCUT2D eigenvalue weighted by molar-refractivity contribution is 6.78. The summed E-state index contributed by atoms with van der Waals surface area (Å²) < 4.78 is 0. The first kappa shape index (κ1) is 22.4. The molecule has 0 saturated heterocycles. The van der Waals surface area contributed by atoms with Gasteiger partial charge in [0.15, 0.2) is 5.78 Å². The molecular formula is C23H40O3Si. The lowest BCUT2D eigenvalue weighted by atomic mass is 9.71. The Morgan fingerprint density at radius 2 is 1.63 bits per heavy atom. The van der Waals surface area contributed by atoms with Crippen LogP contribution in [0, 0.1) is 17.3 Å². The molecule has 0 spiro atoms. The molecule has 0 aromatic carbocycles. The maximum atomic E-state index is 13.5. The van der Waals surface area contributed by atoms with Gasteiger partial charge in [0.05, 0.1) is 17.3 Å². The molecule has 3 nitrogen and oxygen atoms in total. The minimum atomic E-state index is -1.82. The summed E-state index contributed by atoms with van der Waals surface area (Å²) in [5, 5.41) is 9.98. The Bertz CT molecular complexity index is 575. The quantitative estimate of drug-likeness (QED) is 0.235. The Balaban J connectivity index is 2.36. The van der Waals surface area contributed by atoms with E-state index >= 15 is 0 Å². The molecule has 154 valence electrons. The number of ketones is 1. The van der Waals surface area contributed by atoms with Crippen LogP contribution >= 0.6 is 0 Å². The summed E-state index contributed by atoms with van der Waals surface area (Å²) >= 11 is 0. The lowest BCUT2D eigenvalue weighted by Gasteiger charge is -2.44. The Hall–Kier alpha value is -0.903. The zero-order valence-corrected chi connectivity index (χ0v) is 19.1. The molecule has 0 amide bonds. The number of hydrogen-bond acceptors (Lipinski definition) is 2. The van der Waals surface area contributed by atoms with Crippen molar-refractivity contribution >= 4 is 19.8 Å². The van der Waals surface area contributed by atoms with E-state index < -0.39 is 25.4 Å².